The van der Waals surface area contributed by atoms with E-state index in [0.717, 1.165) is 12.8 Å². The molecule has 0 bridgehead atoms. The highest BCUT2D eigenvalue weighted by Crippen LogP contribution is 2.20. The van der Waals surface area contributed by atoms with Crippen LogP contribution in [0.2, 0.25) is 0 Å². The van der Waals surface area contributed by atoms with Crippen LogP contribution in [-0.2, 0) is 19.1 Å². The van der Waals surface area contributed by atoms with E-state index >= 15 is 0 Å². The molecule has 0 saturated heterocycles. The molecule has 0 spiro atoms. The fraction of sp³-hybridized carbons (Fsp3) is 0.882. The van der Waals surface area contributed by atoms with Crippen LogP contribution in [0.5, 0.6) is 0 Å². The Kier molecular flexibility index (Phi) is 9.39. The molecule has 0 aliphatic carbocycles. The van der Waals surface area contributed by atoms with E-state index in [1.165, 1.54) is 0 Å². The number of methoxy groups -OCH3 is 1. The molecule has 136 valence electrons. The van der Waals surface area contributed by atoms with Gasteiger partial charge in [0.25, 0.3) is 0 Å². The average molecular weight is 330 g/mol. The molecule has 0 radical (unpaired) electrons. The van der Waals surface area contributed by atoms with Crippen molar-refractivity contribution < 1.29 is 19.1 Å². The Morgan fingerprint density at radius 3 is 2.22 bits per heavy atom. The van der Waals surface area contributed by atoms with Crippen LogP contribution >= 0.6 is 0 Å². The van der Waals surface area contributed by atoms with Crippen molar-refractivity contribution in [2.75, 3.05) is 33.9 Å². The summed E-state index contributed by atoms with van der Waals surface area (Å²) in [6.07, 6.45) is 1.98. The number of nitrogens with zero attached hydrogens (tertiary/aromatic N) is 1. The van der Waals surface area contributed by atoms with Gasteiger partial charge in [0.2, 0.25) is 11.8 Å². The molecule has 0 aromatic carbocycles. The third kappa shape index (κ3) is 9.56. The zero-order valence-electron chi connectivity index (χ0n) is 15.8. The van der Waals surface area contributed by atoms with Crippen LogP contribution in [0.25, 0.3) is 0 Å². The number of hydrogen-bond donors (Lipinski definition) is 1. The van der Waals surface area contributed by atoms with E-state index < -0.39 is 0 Å². The minimum absolute atomic E-state index is 0.00663. The summed E-state index contributed by atoms with van der Waals surface area (Å²) >= 11 is 0. The lowest BCUT2D eigenvalue weighted by Crippen LogP contribution is -2.41. The molecule has 6 heteroatoms. The number of carbonyl (C=O) groups excluding carboxylic acids is 2. The number of hydrogen-bond acceptors (Lipinski definition) is 4. The van der Waals surface area contributed by atoms with Gasteiger partial charge in [0.15, 0.2) is 0 Å². The summed E-state index contributed by atoms with van der Waals surface area (Å²) in [5, 5.41) is 2.55. The van der Waals surface area contributed by atoms with E-state index in [2.05, 4.69) is 5.32 Å². The molecule has 0 atom stereocenters. The second-order valence-corrected chi connectivity index (χ2v) is 6.96. The standard InChI is InChI=1S/C17H34N2O4/c1-8-15(21)19(12-14(20)18-6)11-9-10-16(2,3)23-13-17(4,5)22-7/h8-13H2,1-7H3,(H,18,20). The van der Waals surface area contributed by atoms with E-state index in [-0.39, 0.29) is 29.6 Å². The predicted molar refractivity (Wildman–Crippen MR) is 91.3 cm³/mol. The highest BCUT2D eigenvalue weighted by atomic mass is 16.5. The SMILES string of the molecule is CCC(=O)N(CCCC(C)(C)OCC(C)(C)OC)CC(=O)NC. The van der Waals surface area contributed by atoms with Crippen LogP contribution in [0.3, 0.4) is 0 Å². The molecule has 0 unspecified atom stereocenters. The first-order valence-corrected chi connectivity index (χ1v) is 8.24. The van der Waals surface area contributed by atoms with Crippen LogP contribution < -0.4 is 5.32 Å². The summed E-state index contributed by atoms with van der Waals surface area (Å²) in [7, 11) is 3.24. The summed E-state index contributed by atoms with van der Waals surface area (Å²) in [6, 6.07) is 0. The fourth-order valence-electron chi connectivity index (χ4n) is 1.96. The Balaban J connectivity index is 4.39. The molecular weight excluding hydrogens is 296 g/mol. The number of rotatable bonds is 11. The molecule has 23 heavy (non-hydrogen) atoms. The van der Waals surface area contributed by atoms with Gasteiger partial charge in [-0.15, -0.1) is 0 Å². The molecule has 6 nitrogen and oxygen atoms in total. The zero-order valence-corrected chi connectivity index (χ0v) is 15.8. The minimum atomic E-state index is -0.319. The Hall–Kier alpha value is -1.14. The van der Waals surface area contributed by atoms with Crippen molar-refractivity contribution in [3.05, 3.63) is 0 Å². The molecule has 0 saturated carbocycles. The van der Waals surface area contributed by atoms with Crippen molar-refractivity contribution in [3.8, 4) is 0 Å². The second kappa shape index (κ2) is 9.88. The maximum Gasteiger partial charge on any atom is 0.239 e. The van der Waals surface area contributed by atoms with Crippen LogP contribution in [0.4, 0.5) is 0 Å². The van der Waals surface area contributed by atoms with Gasteiger partial charge < -0.3 is 19.7 Å². The van der Waals surface area contributed by atoms with Crippen molar-refractivity contribution in [2.24, 2.45) is 0 Å². The maximum absolute atomic E-state index is 11.9. The first-order chi connectivity index (χ1) is 10.6. The summed E-state index contributed by atoms with van der Waals surface area (Å²) in [5.74, 6) is -0.156. The molecule has 2 amide bonds. The molecule has 0 aromatic heterocycles. The van der Waals surface area contributed by atoms with Gasteiger partial charge in [0.1, 0.15) is 0 Å². The van der Waals surface area contributed by atoms with Crippen molar-refractivity contribution in [3.63, 3.8) is 0 Å². The lowest BCUT2D eigenvalue weighted by atomic mass is 10.0. The van der Waals surface area contributed by atoms with Crippen molar-refractivity contribution in [1.29, 1.82) is 0 Å². The van der Waals surface area contributed by atoms with Gasteiger partial charge >= 0.3 is 0 Å². The van der Waals surface area contributed by atoms with Gasteiger partial charge in [-0.2, -0.15) is 0 Å². The van der Waals surface area contributed by atoms with Gasteiger partial charge in [0, 0.05) is 27.1 Å². The molecule has 0 aromatic rings. The number of likely N-dealkylation sites (N-methyl/N-ethyl adjacent to an activating group) is 1. The molecule has 0 aliphatic heterocycles. The predicted octanol–water partition coefficient (Wildman–Crippen LogP) is 1.97. The van der Waals surface area contributed by atoms with Crippen LogP contribution in [-0.4, -0.2) is 61.8 Å². The summed E-state index contributed by atoms with van der Waals surface area (Å²) in [6.45, 7) is 11.0. The largest absolute Gasteiger partial charge is 0.376 e. The smallest absolute Gasteiger partial charge is 0.239 e. The van der Waals surface area contributed by atoms with E-state index in [1.54, 1.807) is 26.0 Å². The Morgan fingerprint density at radius 1 is 1.13 bits per heavy atom. The first kappa shape index (κ1) is 21.9. The third-order valence-electron chi connectivity index (χ3n) is 3.84. The van der Waals surface area contributed by atoms with Gasteiger partial charge in [-0.05, 0) is 40.5 Å². The van der Waals surface area contributed by atoms with Crippen molar-refractivity contribution in [1.82, 2.24) is 10.2 Å². The summed E-state index contributed by atoms with van der Waals surface area (Å²) in [5.41, 5.74) is -0.621. The third-order valence-corrected chi connectivity index (χ3v) is 3.84. The van der Waals surface area contributed by atoms with Crippen LogP contribution in [0.1, 0.15) is 53.9 Å². The topological polar surface area (TPSA) is 67.9 Å². The lowest BCUT2D eigenvalue weighted by Gasteiger charge is -2.32. The highest BCUT2D eigenvalue weighted by Gasteiger charge is 2.25. The molecule has 0 aliphatic rings. The van der Waals surface area contributed by atoms with Crippen molar-refractivity contribution in [2.45, 2.75) is 65.1 Å². The molecule has 0 fully saturated rings. The minimum Gasteiger partial charge on any atom is -0.376 e. The number of nitrogens with one attached hydrogen (secondary N) is 1. The molecule has 1 N–H and O–H groups in total. The number of ether oxygens (including phenoxy) is 2. The van der Waals surface area contributed by atoms with Gasteiger partial charge in [0.05, 0.1) is 24.4 Å². The summed E-state index contributed by atoms with van der Waals surface area (Å²) in [4.78, 5) is 25.0. The lowest BCUT2D eigenvalue weighted by molar-refractivity contribution is -0.136. The van der Waals surface area contributed by atoms with E-state index in [4.69, 9.17) is 9.47 Å². The Morgan fingerprint density at radius 2 is 1.74 bits per heavy atom. The molecule has 0 rings (SSSR count). The van der Waals surface area contributed by atoms with Crippen molar-refractivity contribution >= 4 is 11.8 Å². The Bertz CT molecular complexity index is 381. The normalized spacial score (nSPS) is 12.1. The maximum atomic E-state index is 11.9. The highest BCUT2D eigenvalue weighted by molar-refractivity contribution is 5.84. The average Bonchev–Trinajstić information content (AvgIpc) is 2.51. The fourth-order valence-corrected chi connectivity index (χ4v) is 1.96. The number of carbonyl (C=O) groups is 2. The quantitative estimate of drug-likeness (QED) is 0.629. The van der Waals surface area contributed by atoms with Crippen LogP contribution in [0.15, 0.2) is 0 Å². The van der Waals surface area contributed by atoms with E-state index in [0.29, 0.717) is 19.6 Å². The van der Waals surface area contributed by atoms with Gasteiger partial charge in [-0.25, -0.2) is 0 Å². The van der Waals surface area contributed by atoms with Crippen LogP contribution in [0, 0.1) is 0 Å². The van der Waals surface area contributed by atoms with Gasteiger partial charge in [-0.1, -0.05) is 6.92 Å². The van der Waals surface area contributed by atoms with E-state index in [9.17, 15) is 9.59 Å². The Labute approximate surface area is 140 Å². The zero-order chi connectivity index (χ0) is 18.1. The van der Waals surface area contributed by atoms with E-state index in [1.807, 2.05) is 27.7 Å². The monoisotopic (exact) mass is 330 g/mol. The second-order valence-electron chi connectivity index (χ2n) is 6.96. The first-order valence-electron chi connectivity index (χ1n) is 8.24. The molecule has 0 heterocycles. The number of amides is 2. The van der Waals surface area contributed by atoms with Gasteiger partial charge in [-0.3, -0.25) is 9.59 Å². The summed E-state index contributed by atoms with van der Waals surface area (Å²) < 4.78 is 11.3. The molecular formula is C17H34N2O4.